The molecular formula is C20H24FN3O3S. The second-order valence-electron chi connectivity index (χ2n) is 7.69. The van der Waals surface area contributed by atoms with Crippen LogP contribution in [0.2, 0.25) is 0 Å². The highest BCUT2D eigenvalue weighted by Gasteiger charge is 2.29. The van der Waals surface area contributed by atoms with Gasteiger partial charge in [0, 0.05) is 12.1 Å². The molecule has 0 bridgehead atoms. The van der Waals surface area contributed by atoms with E-state index < -0.39 is 11.7 Å². The van der Waals surface area contributed by atoms with Crippen molar-refractivity contribution < 1.29 is 13.9 Å². The highest BCUT2D eigenvalue weighted by Crippen LogP contribution is 2.21. The number of nitrogens with zero attached hydrogens (tertiary/aromatic N) is 3. The van der Waals surface area contributed by atoms with E-state index >= 15 is 0 Å². The minimum absolute atomic E-state index is 0.109. The summed E-state index contributed by atoms with van der Waals surface area (Å²) in [6, 6.07) is 6.08. The van der Waals surface area contributed by atoms with Gasteiger partial charge in [0.05, 0.1) is 18.8 Å². The molecule has 28 heavy (non-hydrogen) atoms. The van der Waals surface area contributed by atoms with E-state index in [2.05, 4.69) is 4.98 Å². The van der Waals surface area contributed by atoms with E-state index in [0.717, 1.165) is 5.56 Å². The molecule has 0 spiro atoms. The summed E-state index contributed by atoms with van der Waals surface area (Å²) in [4.78, 5) is 31.6. The molecule has 1 aliphatic rings. The smallest absolute Gasteiger partial charge is 0.410 e. The molecule has 0 atom stereocenters. The summed E-state index contributed by atoms with van der Waals surface area (Å²) in [5, 5.41) is 0.569. The van der Waals surface area contributed by atoms with E-state index in [-0.39, 0.29) is 17.9 Å². The number of hydrogen-bond donors (Lipinski definition) is 0. The molecule has 0 N–H and O–H groups in total. The van der Waals surface area contributed by atoms with Crippen molar-refractivity contribution in [3.05, 3.63) is 57.3 Å². The molecule has 1 amide bonds. The molecule has 1 aromatic heterocycles. The van der Waals surface area contributed by atoms with E-state index in [9.17, 15) is 14.0 Å². The normalized spacial score (nSPS) is 14.0. The Bertz CT molecular complexity index is 935. The van der Waals surface area contributed by atoms with Crippen LogP contribution in [0.4, 0.5) is 9.18 Å². The molecule has 1 aliphatic heterocycles. The van der Waals surface area contributed by atoms with Crippen LogP contribution in [-0.4, -0.2) is 38.9 Å². The van der Waals surface area contributed by atoms with Crippen LogP contribution in [-0.2, 0) is 24.2 Å². The number of ether oxygens (including phenoxy) is 1. The highest BCUT2D eigenvalue weighted by molar-refractivity contribution is 7.98. The lowest BCUT2D eigenvalue weighted by Crippen LogP contribution is -2.43. The zero-order valence-electron chi connectivity index (χ0n) is 16.5. The highest BCUT2D eigenvalue weighted by atomic mass is 32.2. The minimum Gasteiger partial charge on any atom is -0.444 e. The van der Waals surface area contributed by atoms with E-state index in [1.807, 2.05) is 27.0 Å². The fourth-order valence-electron chi connectivity index (χ4n) is 3.06. The maximum atomic E-state index is 13.2. The molecule has 0 radical (unpaired) electrons. The zero-order valence-corrected chi connectivity index (χ0v) is 17.3. The number of halogens is 1. The molecule has 6 nitrogen and oxygen atoms in total. The predicted molar refractivity (Wildman–Crippen MR) is 106 cm³/mol. The largest absolute Gasteiger partial charge is 0.444 e. The van der Waals surface area contributed by atoms with Gasteiger partial charge in [-0.2, -0.15) is 0 Å². The lowest BCUT2D eigenvalue weighted by atomic mass is 10.1. The van der Waals surface area contributed by atoms with E-state index in [4.69, 9.17) is 4.74 Å². The van der Waals surface area contributed by atoms with Crippen LogP contribution in [0.25, 0.3) is 0 Å². The van der Waals surface area contributed by atoms with Crippen molar-refractivity contribution in [2.45, 2.75) is 51.0 Å². The topological polar surface area (TPSA) is 64.4 Å². The summed E-state index contributed by atoms with van der Waals surface area (Å²) < 4.78 is 20.2. The number of thioether (sulfide) groups is 1. The fraction of sp³-hybridized carbons (Fsp3) is 0.450. The SMILES string of the molecule is CSc1nc2c(c(=O)n1Cc1ccc(F)cc1)CCN(C(=O)OC(C)(C)C)C2. The summed E-state index contributed by atoms with van der Waals surface area (Å²) in [6.45, 7) is 6.45. The van der Waals surface area contributed by atoms with Crippen LogP contribution in [0.3, 0.4) is 0 Å². The number of carbonyl (C=O) groups excluding carboxylic acids is 1. The van der Waals surface area contributed by atoms with Gasteiger partial charge in [-0.1, -0.05) is 23.9 Å². The summed E-state index contributed by atoms with van der Waals surface area (Å²) in [7, 11) is 0. The van der Waals surface area contributed by atoms with Gasteiger partial charge in [0.1, 0.15) is 11.4 Å². The molecule has 2 aromatic rings. The van der Waals surface area contributed by atoms with Gasteiger partial charge in [0.2, 0.25) is 0 Å². The molecule has 1 aromatic carbocycles. The Morgan fingerprint density at radius 2 is 1.96 bits per heavy atom. The monoisotopic (exact) mass is 405 g/mol. The fourth-order valence-corrected chi connectivity index (χ4v) is 3.62. The molecular weight excluding hydrogens is 381 g/mol. The second-order valence-corrected chi connectivity index (χ2v) is 8.47. The quantitative estimate of drug-likeness (QED) is 0.578. The molecule has 3 rings (SSSR count). The number of fused-ring (bicyclic) bond motifs is 1. The number of amides is 1. The van der Waals surface area contributed by atoms with Crippen molar-refractivity contribution >= 4 is 17.9 Å². The van der Waals surface area contributed by atoms with Crippen molar-refractivity contribution in [2.24, 2.45) is 0 Å². The average Bonchev–Trinajstić information content (AvgIpc) is 2.63. The van der Waals surface area contributed by atoms with E-state index in [1.54, 1.807) is 21.6 Å². The van der Waals surface area contributed by atoms with Crippen molar-refractivity contribution in [3.8, 4) is 0 Å². The predicted octanol–water partition coefficient (Wildman–Crippen LogP) is 3.45. The van der Waals surface area contributed by atoms with Gasteiger partial charge < -0.3 is 9.64 Å². The van der Waals surface area contributed by atoms with Gasteiger partial charge in [0.15, 0.2) is 5.16 Å². The Labute approximate surface area is 167 Å². The Balaban J connectivity index is 1.89. The minimum atomic E-state index is -0.576. The lowest BCUT2D eigenvalue weighted by Gasteiger charge is -2.31. The van der Waals surface area contributed by atoms with E-state index in [1.165, 1.54) is 23.9 Å². The molecule has 8 heteroatoms. The van der Waals surface area contributed by atoms with Crippen molar-refractivity contribution in [3.63, 3.8) is 0 Å². The first-order chi connectivity index (χ1) is 13.2. The molecule has 0 saturated heterocycles. The number of aromatic nitrogens is 2. The summed E-state index contributed by atoms with van der Waals surface area (Å²) in [5.74, 6) is -0.313. The number of rotatable bonds is 3. The first-order valence-corrected chi connectivity index (χ1v) is 10.3. The number of carbonyl (C=O) groups is 1. The first-order valence-electron chi connectivity index (χ1n) is 9.07. The first kappa shape index (κ1) is 20.4. The van der Waals surface area contributed by atoms with E-state index in [0.29, 0.717) is 35.9 Å². The Kier molecular flexibility index (Phi) is 5.79. The van der Waals surface area contributed by atoms with Crippen molar-refractivity contribution in [1.29, 1.82) is 0 Å². The van der Waals surface area contributed by atoms with Crippen LogP contribution >= 0.6 is 11.8 Å². The maximum Gasteiger partial charge on any atom is 0.410 e. The zero-order chi connectivity index (χ0) is 20.5. The Morgan fingerprint density at radius 3 is 2.57 bits per heavy atom. The third-order valence-corrected chi connectivity index (χ3v) is 5.05. The second kappa shape index (κ2) is 7.95. The van der Waals surface area contributed by atoms with Gasteiger partial charge >= 0.3 is 6.09 Å². The number of hydrogen-bond acceptors (Lipinski definition) is 5. The molecule has 2 heterocycles. The van der Waals surface area contributed by atoms with Crippen LogP contribution in [0, 0.1) is 5.82 Å². The molecule has 0 aliphatic carbocycles. The van der Waals surface area contributed by atoms with Crippen LogP contribution < -0.4 is 5.56 Å². The molecule has 0 saturated carbocycles. The summed E-state index contributed by atoms with van der Waals surface area (Å²) >= 11 is 1.37. The Morgan fingerprint density at radius 1 is 1.29 bits per heavy atom. The number of benzene rings is 1. The van der Waals surface area contributed by atoms with Crippen molar-refractivity contribution in [2.75, 3.05) is 12.8 Å². The average molecular weight is 405 g/mol. The van der Waals surface area contributed by atoms with Gasteiger partial charge in [0.25, 0.3) is 5.56 Å². The summed E-state index contributed by atoms with van der Waals surface area (Å²) in [6.07, 6.45) is 1.88. The Hall–Kier alpha value is -2.35. The van der Waals surface area contributed by atoms with Crippen LogP contribution in [0.1, 0.15) is 37.6 Å². The van der Waals surface area contributed by atoms with Crippen LogP contribution in [0.15, 0.2) is 34.2 Å². The van der Waals surface area contributed by atoms with Gasteiger partial charge in [-0.15, -0.1) is 0 Å². The molecule has 0 fully saturated rings. The third-order valence-electron chi connectivity index (χ3n) is 4.37. The molecule has 150 valence electrons. The van der Waals surface area contributed by atoms with Crippen LogP contribution in [0.5, 0.6) is 0 Å². The third kappa shape index (κ3) is 4.55. The lowest BCUT2D eigenvalue weighted by molar-refractivity contribution is 0.0219. The van der Waals surface area contributed by atoms with Gasteiger partial charge in [-0.05, 0) is 51.1 Å². The van der Waals surface area contributed by atoms with Gasteiger partial charge in [-0.25, -0.2) is 14.2 Å². The maximum absolute atomic E-state index is 13.2. The standard InChI is InChI=1S/C20H24FN3O3S/c1-20(2,3)27-19(26)23-10-9-15-16(12-23)22-18(28-4)24(17(15)25)11-13-5-7-14(21)8-6-13/h5-8H,9-12H2,1-4H3. The summed E-state index contributed by atoms with van der Waals surface area (Å²) in [5.41, 5.74) is 1.38. The van der Waals surface area contributed by atoms with Gasteiger partial charge in [-0.3, -0.25) is 9.36 Å². The molecule has 0 unspecified atom stereocenters. The van der Waals surface area contributed by atoms with Crippen molar-refractivity contribution in [1.82, 2.24) is 14.5 Å².